The van der Waals surface area contributed by atoms with Crippen LogP contribution in [0.1, 0.15) is 0 Å². The van der Waals surface area contributed by atoms with Gasteiger partial charge >= 0.3 is 0 Å². The molecule has 1 aliphatic heterocycles. The molecule has 0 atom stereocenters. The molecule has 0 aliphatic carbocycles. The standard InChI is InChI=1S/C9H10ClNO2S.ClH/c10-7-1-3-8(4-2-7)14(12,13)9-5-11-6-9;/h1-4,9,11H,5-6H2;1H. The van der Waals surface area contributed by atoms with Gasteiger partial charge in [-0.3, -0.25) is 0 Å². The van der Waals surface area contributed by atoms with Crippen LogP contribution in [-0.2, 0) is 9.84 Å². The van der Waals surface area contributed by atoms with E-state index in [1.54, 1.807) is 24.3 Å². The van der Waals surface area contributed by atoms with Gasteiger partial charge in [-0.15, -0.1) is 12.4 Å². The van der Waals surface area contributed by atoms with Gasteiger partial charge in [0, 0.05) is 18.1 Å². The zero-order valence-corrected chi connectivity index (χ0v) is 10.2. The molecule has 15 heavy (non-hydrogen) atoms. The van der Waals surface area contributed by atoms with Crippen molar-refractivity contribution in [3.63, 3.8) is 0 Å². The molecular weight excluding hydrogens is 257 g/mol. The van der Waals surface area contributed by atoms with Crippen LogP contribution in [-0.4, -0.2) is 26.8 Å². The van der Waals surface area contributed by atoms with Gasteiger partial charge in [0.2, 0.25) is 0 Å². The number of benzene rings is 1. The van der Waals surface area contributed by atoms with Crippen molar-refractivity contribution in [2.24, 2.45) is 0 Å². The van der Waals surface area contributed by atoms with Crippen molar-refractivity contribution in [2.75, 3.05) is 13.1 Å². The third-order valence-corrected chi connectivity index (χ3v) is 4.72. The summed E-state index contributed by atoms with van der Waals surface area (Å²) in [5, 5.41) is 3.22. The van der Waals surface area contributed by atoms with E-state index in [1.807, 2.05) is 0 Å². The van der Waals surface area contributed by atoms with Crippen molar-refractivity contribution >= 4 is 33.8 Å². The molecule has 84 valence electrons. The molecule has 1 N–H and O–H groups in total. The maximum absolute atomic E-state index is 11.8. The number of sulfone groups is 1. The lowest BCUT2D eigenvalue weighted by Crippen LogP contribution is -2.51. The van der Waals surface area contributed by atoms with E-state index in [9.17, 15) is 8.42 Å². The molecule has 0 radical (unpaired) electrons. The summed E-state index contributed by atoms with van der Waals surface area (Å²) in [6, 6.07) is 6.30. The molecule has 1 aliphatic rings. The van der Waals surface area contributed by atoms with Crippen LogP contribution < -0.4 is 5.32 Å². The highest BCUT2D eigenvalue weighted by atomic mass is 35.5. The maximum Gasteiger partial charge on any atom is 0.183 e. The molecule has 1 aromatic rings. The van der Waals surface area contributed by atoms with Crippen LogP contribution in [0.25, 0.3) is 0 Å². The Bertz CT molecular complexity index is 426. The largest absolute Gasteiger partial charge is 0.314 e. The molecule has 6 heteroatoms. The summed E-state index contributed by atoms with van der Waals surface area (Å²) in [7, 11) is -3.14. The highest BCUT2D eigenvalue weighted by Gasteiger charge is 2.32. The first-order chi connectivity index (χ1) is 6.60. The SMILES string of the molecule is Cl.O=S(=O)(c1ccc(Cl)cc1)C1CNC1. The minimum Gasteiger partial charge on any atom is -0.314 e. The van der Waals surface area contributed by atoms with Gasteiger partial charge in [-0.05, 0) is 24.3 Å². The van der Waals surface area contributed by atoms with Crippen LogP contribution in [0.4, 0.5) is 0 Å². The predicted molar refractivity (Wildman–Crippen MR) is 62.5 cm³/mol. The molecule has 3 nitrogen and oxygen atoms in total. The number of hydrogen-bond donors (Lipinski definition) is 1. The van der Waals surface area contributed by atoms with Crippen LogP contribution in [0.15, 0.2) is 29.2 Å². The van der Waals surface area contributed by atoms with Crippen molar-refractivity contribution in [3.8, 4) is 0 Å². The Morgan fingerprint density at radius 1 is 1.20 bits per heavy atom. The van der Waals surface area contributed by atoms with Gasteiger partial charge in [0.05, 0.1) is 10.1 Å². The van der Waals surface area contributed by atoms with E-state index in [-0.39, 0.29) is 17.7 Å². The monoisotopic (exact) mass is 267 g/mol. The van der Waals surface area contributed by atoms with Crippen LogP contribution >= 0.6 is 24.0 Å². The van der Waals surface area contributed by atoms with Crippen molar-refractivity contribution in [3.05, 3.63) is 29.3 Å². The lowest BCUT2D eigenvalue weighted by molar-refractivity contribution is 0.495. The van der Waals surface area contributed by atoms with E-state index in [0.717, 1.165) is 0 Å². The molecule has 0 spiro atoms. The molecule has 1 saturated heterocycles. The Labute approximate surface area is 100 Å². The van der Waals surface area contributed by atoms with Gasteiger partial charge in [0.1, 0.15) is 0 Å². The summed E-state index contributed by atoms with van der Waals surface area (Å²) in [5.41, 5.74) is 0. The van der Waals surface area contributed by atoms with Crippen molar-refractivity contribution < 1.29 is 8.42 Å². The van der Waals surface area contributed by atoms with Crippen molar-refractivity contribution in [1.82, 2.24) is 5.32 Å². The molecule has 0 unspecified atom stereocenters. The van der Waals surface area contributed by atoms with E-state index in [1.165, 1.54) is 0 Å². The van der Waals surface area contributed by atoms with E-state index in [2.05, 4.69) is 5.32 Å². The Balaban J connectivity index is 0.00000112. The minimum absolute atomic E-state index is 0. The first-order valence-corrected chi connectivity index (χ1v) is 6.23. The Hall–Kier alpha value is -0.290. The maximum atomic E-state index is 11.8. The van der Waals surface area contributed by atoms with Gasteiger partial charge in [-0.25, -0.2) is 8.42 Å². The molecule has 1 fully saturated rings. The minimum atomic E-state index is -3.14. The summed E-state index contributed by atoms with van der Waals surface area (Å²) in [5.74, 6) is 0. The van der Waals surface area contributed by atoms with Gasteiger partial charge in [0.25, 0.3) is 0 Å². The Morgan fingerprint density at radius 3 is 2.13 bits per heavy atom. The molecule has 0 amide bonds. The normalized spacial score (nSPS) is 16.6. The number of rotatable bonds is 2. The van der Waals surface area contributed by atoms with Gasteiger partial charge < -0.3 is 5.32 Å². The molecular formula is C9H11Cl2NO2S. The second kappa shape index (κ2) is 4.70. The van der Waals surface area contributed by atoms with Crippen LogP contribution in [0.2, 0.25) is 5.02 Å². The first-order valence-electron chi connectivity index (χ1n) is 4.31. The molecule has 0 aromatic heterocycles. The van der Waals surface area contributed by atoms with E-state index in [0.29, 0.717) is 23.0 Å². The Kier molecular flexibility index (Phi) is 4.00. The number of halogens is 2. The fourth-order valence-electron chi connectivity index (χ4n) is 1.30. The smallest absolute Gasteiger partial charge is 0.183 e. The predicted octanol–water partition coefficient (Wildman–Crippen LogP) is 1.51. The molecule has 0 bridgehead atoms. The lowest BCUT2D eigenvalue weighted by Gasteiger charge is -2.26. The molecule has 2 rings (SSSR count). The zero-order valence-electron chi connectivity index (χ0n) is 7.81. The second-order valence-corrected chi connectivity index (χ2v) is 5.94. The highest BCUT2D eigenvalue weighted by Crippen LogP contribution is 2.20. The number of hydrogen-bond acceptors (Lipinski definition) is 3. The topological polar surface area (TPSA) is 46.2 Å². The summed E-state index contributed by atoms with van der Waals surface area (Å²) >= 11 is 5.68. The number of nitrogens with one attached hydrogen (secondary N) is 1. The Morgan fingerprint density at radius 2 is 1.73 bits per heavy atom. The van der Waals surface area contributed by atoms with E-state index < -0.39 is 9.84 Å². The first kappa shape index (κ1) is 12.8. The summed E-state index contributed by atoms with van der Waals surface area (Å²) in [6.07, 6.45) is 0. The van der Waals surface area contributed by atoms with E-state index in [4.69, 9.17) is 11.6 Å². The van der Waals surface area contributed by atoms with Gasteiger partial charge in [-0.1, -0.05) is 11.6 Å². The average molecular weight is 268 g/mol. The van der Waals surface area contributed by atoms with Crippen molar-refractivity contribution in [2.45, 2.75) is 10.1 Å². The fourth-order valence-corrected chi connectivity index (χ4v) is 3.00. The highest BCUT2D eigenvalue weighted by molar-refractivity contribution is 7.92. The van der Waals surface area contributed by atoms with Crippen molar-refractivity contribution in [1.29, 1.82) is 0 Å². The quantitative estimate of drug-likeness (QED) is 0.884. The second-order valence-electron chi connectivity index (χ2n) is 3.28. The average Bonchev–Trinajstić information content (AvgIpc) is 2.00. The molecule has 1 aromatic carbocycles. The summed E-state index contributed by atoms with van der Waals surface area (Å²) < 4.78 is 23.7. The summed E-state index contributed by atoms with van der Waals surface area (Å²) in [6.45, 7) is 1.09. The molecule has 1 heterocycles. The zero-order chi connectivity index (χ0) is 10.2. The third kappa shape index (κ3) is 2.45. The van der Waals surface area contributed by atoms with Gasteiger partial charge in [0.15, 0.2) is 9.84 Å². The van der Waals surface area contributed by atoms with Gasteiger partial charge in [-0.2, -0.15) is 0 Å². The van der Waals surface area contributed by atoms with Crippen LogP contribution in [0, 0.1) is 0 Å². The molecule has 0 saturated carbocycles. The van der Waals surface area contributed by atoms with E-state index >= 15 is 0 Å². The fraction of sp³-hybridized carbons (Fsp3) is 0.333. The summed E-state index contributed by atoms with van der Waals surface area (Å²) in [4.78, 5) is 0.355. The van der Waals surface area contributed by atoms with Crippen LogP contribution in [0.3, 0.4) is 0 Å². The van der Waals surface area contributed by atoms with Crippen LogP contribution in [0.5, 0.6) is 0 Å². The lowest BCUT2D eigenvalue weighted by atomic mass is 10.3. The third-order valence-electron chi connectivity index (χ3n) is 2.33.